The minimum atomic E-state index is -0.172. The highest BCUT2D eigenvalue weighted by molar-refractivity contribution is 6.29. The molecule has 0 saturated heterocycles. The Balaban J connectivity index is 1.93. The summed E-state index contributed by atoms with van der Waals surface area (Å²) in [6.45, 7) is 0.541. The molecule has 0 aliphatic rings. The number of rotatable bonds is 5. The van der Waals surface area contributed by atoms with Gasteiger partial charge in [0.25, 0.3) is 5.91 Å². The van der Waals surface area contributed by atoms with Gasteiger partial charge in [0.2, 0.25) is 0 Å². The van der Waals surface area contributed by atoms with Gasteiger partial charge in [-0.15, -0.1) is 0 Å². The Labute approximate surface area is 122 Å². The predicted molar refractivity (Wildman–Crippen MR) is 79.1 cm³/mol. The number of hydrogen-bond donors (Lipinski definition) is 2. The van der Waals surface area contributed by atoms with Gasteiger partial charge in [0, 0.05) is 31.5 Å². The van der Waals surface area contributed by atoms with Crippen molar-refractivity contribution in [2.45, 2.75) is 6.42 Å². The minimum absolute atomic E-state index is 0.172. The van der Waals surface area contributed by atoms with Gasteiger partial charge in [0.15, 0.2) is 0 Å². The summed E-state index contributed by atoms with van der Waals surface area (Å²) in [5.74, 6) is 0.393. The largest absolute Gasteiger partial charge is 0.373 e. The second-order valence-corrected chi connectivity index (χ2v) is 4.57. The highest BCUT2D eigenvalue weighted by atomic mass is 35.5. The number of carbonyl (C=O) groups is 1. The lowest BCUT2D eigenvalue weighted by Crippen LogP contribution is -2.25. The lowest BCUT2D eigenvalue weighted by atomic mass is 10.2. The molecule has 6 heteroatoms. The van der Waals surface area contributed by atoms with Crippen LogP contribution in [0.15, 0.2) is 36.7 Å². The third-order valence-electron chi connectivity index (χ3n) is 2.73. The molecule has 0 aliphatic heterocycles. The van der Waals surface area contributed by atoms with E-state index in [4.69, 9.17) is 11.6 Å². The van der Waals surface area contributed by atoms with Crippen molar-refractivity contribution in [1.82, 2.24) is 15.3 Å². The zero-order chi connectivity index (χ0) is 14.4. The molecule has 104 valence electrons. The summed E-state index contributed by atoms with van der Waals surface area (Å²) >= 11 is 5.86. The Morgan fingerprint density at radius 2 is 2.25 bits per heavy atom. The molecule has 2 aromatic heterocycles. The lowest BCUT2D eigenvalue weighted by molar-refractivity contribution is 0.0954. The maximum atomic E-state index is 12.0. The molecule has 0 radical (unpaired) electrons. The molecule has 0 atom stereocenters. The van der Waals surface area contributed by atoms with Crippen molar-refractivity contribution in [3.63, 3.8) is 0 Å². The molecule has 2 aromatic rings. The molecule has 0 saturated carbocycles. The first kappa shape index (κ1) is 14.3. The fourth-order valence-electron chi connectivity index (χ4n) is 1.72. The Morgan fingerprint density at radius 3 is 2.95 bits per heavy atom. The summed E-state index contributed by atoms with van der Waals surface area (Å²) in [6.07, 6.45) is 4.24. The quantitative estimate of drug-likeness (QED) is 0.828. The van der Waals surface area contributed by atoms with E-state index in [2.05, 4.69) is 20.6 Å². The summed E-state index contributed by atoms with van der Waals surface area (Å²) < 4.78 is 0. The Bertz CT molecular complexity index is 589. The fourth-order valence-corrected chi connectivity index (χ4v) is 1.93. The van der Waals surface area contributed by atoms with Crippen LogP contribution < -0.4 is 10.6 Å². The van der Waals surface area contributed by atoms with Gasteiger partial charge in [-0.25, -0.2) is 4.98 Å². The number of amides is 1. The number of hydrogen-bond acceptors (Lipinski definition) is 4. The van der Waals surface area contributed by atoms with Crippen LogP contribution in [-0.4, -0.2) is 29.5 Å². The standard InChI is InChI=1S/C14H15ClN4O/c1-16-13-8-11(7-12(15)19-13)14(20)18-6-4-10-3-2-5-17-9-10/h2-3,5,7-9H,4,6H2,1H3,(H,16,19)(H,18,20). The van der Waals surface area contributed by atoms with Crippen molar-refractivity contribution in [2.24, 2.45) is 0 Å². The van der Waals surface area contributed by atoms with Crippen molar-refractivity contribution in [2.75, 3.05) is 18.9 Å². The van der Waals surface area contributed by atoms with Crippen LogP contribution in [0.4, 0.5) is 5.82 Å². The molecular weight excluding hydrogens is 276 g/mol. The number of nitrogens with zero attached hydrogens (tertiary/aromatic N) is 2. The topological polar surface area (TPSA) is 66.9 Å². The van der Waals surface area contributed by atoms with Crippen molar-refractivity contribution >= 4 is 23.3 Å². The molecule has 5 nitrogen and oxygen atoms in total. The molecular formula is C14H15ClN4O. The average Bonchev–Trinajstić information content (AvgIpc) is 2.47. The van der Waals surface area contributed by atoms with E-state index in [-0.39, 0.29) is 11.1 Å². The minimum Gasteiger partial charge on any atom is -0.373 e. The van der Waals surface area contributed by atoms with Crippen LogP contribution in [0.25, 0.3) is 0 Å². The monoisotopic (exact) mass is 290 g/mol. The van der Waals surface area contributed by atoms with Gasteiger partial charge < -0.3 is 10.6 Å². The maximum Gasteiger partial charge on any atom is 0.251 e. The number of nitrogens with one attached hydrogen (secondary N) is 2. The molecule has 0 bridgehead atoms. The van der Waals surface area contributed by atoms with Crippen LogP contribution in [0.5, 0.6) is 0 Å². The highest BCUT2D eigenvalue weighted by Crippen LogP contribution is 2.14. The number of halogens is 1. The molecule has 0 aromatic carbocycles. The summed E-state index contributed by atoms with van der Waals surface area (Å²) in [7, 11) is 1.72. The van der Waals surface area contributed by atoms with E-state index in [0.29, 0.717) is 17.9 Å². The molecule has 0 spiro atoms. The zero-order valence-electron chi connectivity index (χ0n) is 11.1. The van der Waals surface area contributed by atoms with Crippen LogP contribution in [0, 0.1) is 0 Å². The first-order valence-corrected chi connectivity index (χ1v) is 6.59. The first-order valence-electron chi connectivity index (χ1n) is 6.21. The van der Waals surface area contributed by atoms with E-state index in [1.807, 2.05) is 12.1 Å². The zero-order valence-corrected chi connectivity index (χ0v) is 11.8. The number of anilines is 1. The van der Waals surface area contributed by atoms with Crippen LogP contribution in [0.2, 0.25) is 5.15 Å². The second-order valence-electron chi connectivity index (χ2n) is 4.18. The number of carbonyl (C=O) groups excluding carboxylic acids is 1. The van der Waals surface area contributed by atoms with Gasteiger partial charge in [-0.2, -0.15) is 0 Å². The number of aromatic nitrogens is 2. The van der Waals surface area contributed by atoms with Gasteiger partial charge in [-0.3, -0.25) is 9.78 Å². The lowest BCUT2D eigenvalue weighted by Gasteiger charge is -2.07. The van der Waals surface area contributed by atoms with E-state index in [0.717, 1.165) is 12.0 Å². The molecule has 20 heavy (non-hydrogen) atoms. The van der Waals surface area contributed by atoms with Crippen molar-refractivity contribution in [3.8, 4) is 0 Å². The first-order chi connectivity index (χ1) is 9.69. The predicted octanol–water partition coefficient (Wildman–Crippen LogP) is 2.14. The number of pyridine rings is 2. The van der Waals surface area contributed by atoms with Gasteiger partial charge in [0.05, 0.1) is 0 Å². The van der Waals surface area contributed by atoms with Gasteiger partial charge in [-0.1, -0.05) is 17.7 Å². The fraction of sp³-hybridized carbons (Fsp3) is 0.214. The van der Waals surface area contributed by atoms with Gasteiger partial charge in [-0.05, 0) is 30.2 Å². The smallest absolute Gasteiger partial charge is 0.251 e. The summed E-state index contributed by atoms with van der Waals surface area (Å²) in [4.78, 5) is 20.1. The summed E-state index contributed by atoms with van der Waals surface area (Å²) in [5.41, 5.74) is 1.57. The highest BCUT2D eigenvalue weighted by Gasteiger charge is 2.08. The van der Waals surface area contributed by atoms with Crippen LogP contribution >= 0.6 is 11.6 Å². The summed E-state index contributed by atoms with van der Waals surface area (Å²) in [5, 5.41) is 5.99. The van der Waals surface area contributed by atoms with E-state index >= 15 is 0 Å². The third kappa shape index (κ3) is 3.93. The average molecular weight is 291 g/mol. The molecule has 2 rings (SSSR count). The molecule has 0 aliphatic carbocycles. The van der Waals surface area contributed by atoms with Crippen molar-refractivity contribution < 1.29 is 4.79 Å². The van der Waals surface area contributed by atoms with Crippen LogP contribution in [-0.2, 0) is 6.42 Å². The molecule has 0 fully saturated rings. The van der Waals surface area contributed by atoms with Crippen molar-refractivity contribution in [1.29, 1.82) is 0 Å². The molecule has 2 N–H and O–H groups in total. The molecule has 0 unspecified atom stereocenters. The Morgan fingerprint density at radius 1 is 1.40 bits per heavy atom. The normalized spacial score (nSPS) is 10.1. The van der Waals surface area contributed by atoms with Gasteiger partial charge in [0.1, 0.15) is 11.0 Å². The summed E-state index contributed by atoms with van der Waals surface area (Å²) in [6, 6.07) is 7.05. The van der Waals surface area contributed by atoms with E-state index in [1.165, 1.54) is 0 Å². The SMILES string of the molecule is CNc1cc(C(=O)NCCc2cccnc2)cc(Cl)n1. The molecule has 2 heterocycles. The Hall–Kier alpha value is -2.14. The van der Waals surface area contributed by atoms with E-state index in [1.54, 1.807) is 31.6 Å². The Kier molecular flexibility index (Phi) is 4.90. The molecule has 1 amide bonds. The van der Waals surface area contributed by atoms with Crippen LogP contribution in [0.3, 0.4) is 0 Å². The van der Waals surface area contributed by atoms with Crippen molar-refractivity contribution in [3.05, 3.63) is 52.9 Å². The second kappa shape index (κ2) is 6.86. The maximum absolute atomic E-state index is 12.0. The van der Waals surface area contributed by atoms with E-state index in [9.17, 15) is 4.79 Å². The van der Waals surface area contributed by atoms with E-state index < -0.39 is 0 Å². The third-order valence-corrected chi connectivity index (χ3v) is 2.93. The van der Waals surface area contributed by atoms with Gasteiger partial charge >= 0.3 is 0 Å². The van der Waals surface area contributed by atoms with Crippen LogP contribution in [0.1, 0.15) is 15.9 Å².